The summed E-state index contributed by atoms with van der Waals surface area (Å²) >= 11 is 3.83. The van der Waals surface area contributed by atoms with E-state index >= 15 is 0 Å². The smallest absolute Gasteiger partial charge is 0.327 e. The van der Waals surface area contributed by atoms with Gasteiger partial charge >= 0.3 is 5.97 Å². The van der Waals surface area contributed by atoms with Crippen molar-refractivity contribution in [3.05, 3.63) is 29.8 Å². The zero-order valence-electron chi connectivity index (χ0n) is 16.2. The molecule has 1 aromatic rings. The average molecular weight is 442 g/mol. The second-order valence-corrected chi connectivity index (χ2v) is 6.92. The van der Waals surface area contributed by atoms with Crippen LogP contribution in [-0.4, -0.2) is 75.5 Å². The van der Waals surface area contributed by atoms with Gasteiger partial charge in [0.1, 0.15) is 23.9 Å². The largest absolute Gasteiger partial charge is 0.508 e. The third-order valence-electron chi connectivity index (χ3n) is 4.07. The van der Waals surface area contributed by atoms with Gasteiger partial charge in [-0.3, -0.25) is 14.4 Å². The zero-order valence-corrected chi connectivity index (χ0v) is 17.1. The highest BCUT2D eigenvalue weighted by Gasteiger charge is 2.27. The van der Waals surface area contributed by atoms with Crippen molar-refractivity contribution in [2.45, 2.75) is 37.6 Å². The number of hydrogen-bond acceptors (Lipinski definition) is 8. The Balaban J connectivity index is 2.82. The molecule has 11 nitrogen and oxygen atoms in total. The molecule has 1 rings (SSSR count). The fraction of sp³-hybridized carbons (Fsp3) is 0.444. The SMILES string of the molecule is CC(O)C(N)C(=O)NC(Cc1ccc(O)cc1)C(=O)NCC(=O)NC(CS)C(=O)O. The van der Waals surface area contributed by atoms with E-state index in [1.165, 1.54) is 19.1 Å². The van der Waals surface area contributed by atoms with E-state index in [2.05, 4.69) is 28.6 Å². The van der Waals surface area contributed by atoms with Crippen LogP contribution in [0.25, 0.3) is 0 Å². The molecule has 0 fully saturated rings. The third-order valence-corrected chi connectivity index (χ3v) is 4.44. The number of benzene rings is 1. The Labute approximate surface area is 178 Å². The molecule has 0 heterocycles. The maximum absolute atomic E-state index is 12.5. The number of nitrogens with one attached hydrogen (secondary N) is 3. The molecule has 1 aromatic carbocycles. The van der Waals surface area contributed by atoms with E-state index in [0.29, 0.717) is 5.56 Å². The van der Waals surface area contributed by atoms with Crippen LogP contribution < -0.4 is 21.7 Å². The highest BCUT2D eigenvalue weighted by molar-refractivity contribution is 7.80. The van der Waals surface area contributed by atoms with Gasteiger partial charge in [-0.1, -0.05) is 12.1 Å². The van der Waals surface area contributed by atoms with Crippen molar-refractivity contribution < 1.29 is 34.5 Å². The van der Waals surface area contributed by atoms with E-state index in [1.54, 1.807) is 12.1 Å². The summed E-state index contributed by atoms with van der Waals surface area (Å²) in [5.74, 6) is -3.62. The Morgan fingerprint density at radius 1 is 1.07 bits per heavy atom. The fourth-order valence-electron chi connectivity index (χ4n) is 2.29. The predicted molar refractivity (Wildman–Crippen MR) is 110 cm³/mol. The van der Waals surface area contributed by atoms with Gasteiger partial charge in [-0.05, 0) is 24.6 Å². The Hall–Kier alpha value is -2.83. The number of rotatable bonds is 11. The van der Waals surface area contributed by atoms with Crippen LogP contribution in [0.2, 0.25) is 0 Å². The van der Waals surface area contributed by atoms with E-state index in [-0.39, 0.29) is 17.9 Å². The number of amides is 3. The van der Waals surface area contributed by atoms with Gasteiger partial charge in [0.15, 0.2) is 0 Å². The average Bonchev–Trinajstić information content (AvgIpc) is 2.70. The van der Waals surface area contributed by atoms with Gasteiger partial charge in [-0.25, -0.2) is 4.79 Å². The number of carboxylic acid groups (broad SMARTS) is 1. The second-order valence-electron chi connectivity index (χ2n) is 6.56. The number of aliphatic carboxylic acids is 1. The monoisotopic (exact) mass is 442 g/mol. The minimum Gasteiger partial charge on any atom is -0.508 e. The molecular weight excluding hydrogens is 416 g/mol. The molecule has 3 amide bonds. The van der Waals surface area contributed by atoms with Crippen molar-refractivity contribution >= 4 is 36.3 Å². The molecule has 0 aliphatic rings. The van der Waals surface area contributed by atoms with Gasteiger partial charge in [-0.2, -0.15) is 12.6 Å². The molecule has 4 atom stereocenters. The van der Waals surface area contributed by atoms with Crippen LogP contribution in [0.15, 0.2) is 24.3 Å². The first kappa shape index (κ1) is 25.2. The molecule has 0 aliphatic heterocycles. The van der Waals surface area contributed by atoms with Gasteiger partial charge in [0.25, 0.3) is 0 Å². The summed E-state index contributed by atoms with van der Waals surface area (Å²) in [7, 11) is 0. The number of phenolic OH excluding ortho intramolecular Hbond substituents is 1. The molecule has 8 N–H and O–H groups in total. The van der Waals surface area contributed by atoms with Crippen molar-refractivity contribution in [3.63, 3.8) is 0 Å². The normalized spacial score (nSPS) is 14.7. The predicted octanol–water partition coefficient (Wildman–Crippen LogP) is -2.26. The van der Waals surface area contributed by atoms with E-state index in [9.17, 15) is 29.4 Å². The zero-order chi connectivity index (χ0) is 22.8. The van der Waals surface area contributed by atoms with E-state index < -0.39 is 54.5 Å². The van der Waals surface area contributed by atoms with Crippen molar-refractivity contribution in [2.24, 2.45) is 5.73 Å². The summed E-state index contributed by atoms with van der Waals surface area (Å²) in [6, 6.07) is 2.29. The summed E-state index contributed by atoms with van der Waals surface area (Å²) in [6.45, 7) is 0.796. The van der Waals surface area contributed by atoms with Gasteiger partial charge in [0, 0.05) is 12.2 Å². The fourth-order valence-corrected chi connectivity index (χ4v) is 2.53. The molecule has 0 saturated heterocycles. The summed E-state index contributed by atoms with van der Waals surface area (Å²) in [4.78, 5) is 47.5. The number of hydrogen-bond donors (Lipinski definition) is 8. The van der Waals surface area contributed by atoms with Crippen LogP contribution >= 0.6 is 12.6 Å². The first-order valence-corrected chi connectivity index (χ1v) is 9.61. The minimum atomic E-state index is -1.27. The molecule has 0 radical (unpaired) electrons. The third kappa shape index (κ3) is 8.27. The number of carboxylic acids is 1. The minimum absolute atomic E-state index is 0.0143. The lowest BCUT2D eigenvalue weighted by atomic mass is 10.0. The van der Waals surface area contributed by atoms with Crippen LogP contribution in [0.5, 0.6) is 5.75 Å². The van der Waals surface area contributed by atoms with Crippen LogP contribution in [0.3, 0.4) is 0 Å². The number of carbonyl (C=O) groups is 4. The quantitative estimate of drug-likeness (QED) is 0.176. The van der Waals surface area contributed by atoms with Gasteiger partial charge in [0.05, 0.1) is 12.6 Å². The van der Waals surface area contributed by atoms with Gasteiger partial charge < -0.3 is 37.0 Å². The number of aromatic hydroxyl groups is 1. The lowest BCUT2D eigenvalue weighted by Gasteiger charge is -2.22. The molecule has 0 spiro atoms. The number of aliphatic hydroxyl groups excluding tert-OH is 1. The first-order chi connectivity index (χ1) is 14.0. The van der Waals surface area contributed by atoms with E-state index in [1.807, 2.05) is 0 Å². The van der Waals surface area contributed by atoms with E-state index in [4.69, 9.17) is 10.8 Å². The number of aliphatic hydroxyl groups is 1. The molecule has 0 saturated carbocycles. The molecule has 0 aromatic heterocycles. The Kier molecular flexibility index (Phi) is 10.1. The molecule has 0 aliphatic carbocycles. The topological polar surface area (TPSA) is 191 Å². The summed E-state index contributed by atoms with van der Waals surface area (Å²) in [5.41, 5.74) is 6.19. The van der Waals surface area contributed by atoms with Crippen molar-refractivity contribution in [1.82, 2.24) is 16.0 Å². The summed E-state index contributed by atoms with van der Waals surface area (Å²) in [5, 5.41) is 34.7. The number of phenols is 1. The number of nitrogens with two attached hydrogens (primary N) is 1. The summed E-state index contributed by atoms with van der Waals surface area (Å²) in [6.07, 6.45) is -1.14. The first-order valence-electron chi connectivity index (χ1n) is 8.97. The number of thiol groups is 1. The Bertz CT molecular complexity index is 757. The van der Waals surface area contributed by atoms with Crippen molar-refractivity contribution in [2.75, 3.05) is 12.3 Å². The van der Waals surface area contributed by atoms with Gasteiger partial charge in [0.2, 0.25) is 17.7 Å². The summed E-state index contributed by atoms with van der Waals surface area (Å²) < 4.78 is 0. The number of carbonyl (C=O) groups excluding carboxylic acids is 3. The Morgan fingerprint density at radius 2 is 1.67 bits per heavy atom. The molecule has 30 heavy (non-hydrogen) atoms. The Morgan fingerprint density at radius 3 is 2.17 bits per heavy atom. The highest BCUT2D eigenvalue weighted by Crippen LogP contribution is 2.11. The maximum atomic E-state index is 12.5. The standard InChI is InChI=1S/C18H26N4O7S/c1-9(23)15(19)17(27)22-12(6-10-2-4-11(24)5-3-10)16(26)20-7-14(25)21-13(8-30)18(28)29/h2-5,9,12-13,15,23-24,30H,6-8,19H2,1H3,(H,20,26)(H,21,25)(H,22,27)(H,28,29). The molecule has 12 heteroatoms. The van der Waals surface area contributed by atoms with Crippen LogP contribution in [-0.2, 0) is 25.6 Å². The lowest BCUT2D eigenvalue weighted by molar-refractivity contribution is -0.141. The van der Waals surface area contributed by atoms with E-state index in [0.717, 1.165) is 0 Å². The second kappa shape index (κ2) is 12.0. The van der Waals surface area contributed by atoms with Crippen LogP contribution in [0.4, 0.5) is 0 Å². The maximum Gasteiger partial charge on any atom is 0.327 e. The highest BCUT2D eigenvalue weighted by atomic mass is 32.1. The molecule has 4 unspecified atom stereocenters. The van der Waals surface area contributed by atoms with Crippen molar-refractivity contribution in [3.8, 4) is 5.75 Å². The van der Waals surface area contributed by atoms with Crippen LogP contribution in [0.1, 0.15) is 12.5 Å². The lowest BCUT2D eigenvalue weighted by Crippen LogP contribution is -2.56. The molecule has 166 valence electrons. The van der Waals surface area contributed by atoms with Gasteiger partial charge in [-0.15, -0.1) is 0 Å². The molecule has 0 bridgehead atoms. The molecular formula is C18H26N4O7S. The van der Waals surface area contributed by atoms with Crippen molar-refractivity contribution in [1.29, 1.82) is 0 Å². The van der Waals surface area contributed by atoms with Crippen LogP contribution in [0, 0.1) is 0 Å².